The van der Waals surface area contributed by atoms with E-state index in [0.717, 1.165) is 26.2 Å². The van der Waals surface area contributed by atoms with Gasteiger partial charge in [0.15, 0.2) is 0 Å². The summed E-state index contributed by atoms with van der Waals surface area (Å²) in [7, 11) is 1.49. The Bertz CT molecular complexity index is 521. The van der Waals surface area contributed by atoms with Crippen LogP contribution in [0.5, 0.6) is 6.01 Å². The molecule has 0 bridgehead atoms. The van der Waals surface area contributed by atoms with Crippen molar-refractivity contribution < 1.29 is 4.74 Å². The van der Waals surface area contributed by atoms with Crippen molar-refractivity contribution in [3.05, 3.63) is 5.28 Å². The third-order valence-electron chi connectivity index (χ3n) is 3.39. The van der Waals surface area contributed by atoms with Crippen LogP contribution < -0.4 is 9.64 Å². The second kappa shape index (κ2) is 5.77. The number of hydrogen-bond donors (Lipinski definition) is 0. The monoisotopic (exact) mass is 296 g/mol. The summed E-state index contributed by atoms with van der Waals surface area (Å²) in [4.78, 5) is 16.3. The van der Waals surface area contributed by atoms with Gasteiger partial charge in [0.25, 0.3) is 0 Å². The molecule has 2 heterocycles. The molecule has 1 saturated heterocycles. The Hall–Kier alpha value is -1.65. The Kier molecular flexibility index (Phi) is 4.26. The quantitative estimate of drug-likeness (QED) is 0.822. The molecule has 8 heteroatoms. The summed E-state index contributed by atoms with van der Waals surface area (Å²) < 4.78 is 4.99. The van der Waals surface area contributed by atoms with Gasteiger partial charge in [0.2, 0.25) is 11.2 Å². The van der Waals surface area contributed by atoms with E-state index in [1.165, 1.54) is 7.11 Å². The lowest BCUT2D eigenvalue weighted by atomic mass is 10.0. The summed E-state index contributed by atoms with van der Waals surface area (Å²) in [6.07, 6.45) is 0. The van der Waals surface area contributed by atoms with Gasteiger partial charge in [-0.2, -0.15) is 20.2 Å². The summed E-state index contributed by atoms with van der Waals surface area (Å²) in [6, 6.07) is 2.53. The van der Waals surface area contributed by atoms with Gasteiger partial charge in [-0.25, -0.2) is 0 Å². The van der Waals surface area contributed by atoms with Crippen molar-refractivity contribution in [2.24, 2.45) is 0 Å². The van der Waals surface area contributed by atoms with Crippen LogP contribution in [-0.2, 0) is 0 Å². The van der Waals surface area contributed by atoms with E-state index in [1.54, 1.807) is 0 Å². The number of anilines is 1. The Labute approximate surface area is 123 Å². The zero-order valence-corrected chi connectivity index (χ0v) is 12.6. The first-order valence-corrected chi connectivity index (χ1v) is 6.71. The normalized spacial score (nSPS) is 16.9. The molecule has 0 amide bonds. The van der Waals surface area contributed by atoms with E-state index in [2.05, 4.69) is 25.9 Å². The Morgan fingerprint density at radius 1 is 1.20 bits per heavy atom. The van der Waals surface area contributed by atoms with Crippen LogP contribution in [0.1, 0.15) is 13.8 Å². The predicted molar refractivity (Wildman–Crippen MR) is 74.9 cm³/mol. The second-order valence-electron chi connectivity index (χ2n) is 5.04. The van der Waals surface area contributed by atoms with Crippen molar-refractivity contribution in [1.82, 2.24) is 19.9 Å². The highest BCUT2D eigenvalue weighted by atomic mass is 35.5. The first-order valence-electron chi connectivity index (χ1n) is 6.33. The third-order valence-corrected chi connectivity index (χ3v) is 3.55. The summed E-state index contributed by atoms with van der Waals surface area (Å²) in [5, 5.41) is 9.28. The van der Waals surface area contributed by atoms with Crippen LogP contribution in [0.2, 0.25) is 5.28 Å². The molecule has 1 aromatic heterocycles. The van der Waals surface area contributed by atoms with E-state index in [1.807, 2.05) is 18.7 Å². The van der Waals surface area contributed by atoms with Gasteiger partial charge in [0.1, 0.15) is 5.54 Å². The zero-order valence-electron chi connectivity index (χ0n) is 11.8. The first kappa shape index (κ1) is 14.8. The largest absolute Gasteiger partial charge is 0.467 e. The van der Waals surface area contributed by atoms with Gasteiger partial charge in [0.05, 0.1) is 13.2 Å². The average molecular weight is 297 g/mol. The van der Waals surface area contributed by atoms with Crippen molar-refractivity contribution in [3.8, 4) is 12.1 Å². The van der Waals surface area contributed by atoms with Crippen LogP contribution in [0.15, 0.2) is 0 Å². The number of nitriles is 1. The topological polar surface area (TPSA) is 78.2 Å². The van der Waals surface area contributed by atoms with E-state index < -0.39 is 5.54 Å². The standard InChI is InChI=1S/C12H17ClN6O/c1-12(2,8-14)19-6-4-18(5-7-19)10-15-9(13)16-11(17-10)20-3/h4-7H2,1-3H3. The molecule has 0 aliphatic carbocycles. The van der Waals surface area contributed by atoms with Crippen LogP contribution in [0, 0.1) is 11.3 Å². The molecule has 0 saturated carbocycles. The minimum absolute atomic E-state index is 0.117. The fourth-order valence-corrected chi connectivity index (χ4v) is 2.24. The highest BCUT2D eigenvalue weighted by Gasteiger charge is 2.30. The molecule has 0 N–H and O–H groups in total. The van der Waals surface area contributed by atoms with Crippen molar-refractivity contribution in [3.63, 3.8) is 0 Å². The molecular formula is C12H17ClN6O. The third kappa shape index (κ3) is 3.08. The number of rotatable bonds is 3. The van der Waals surface area contributed by atoms with Crippen LogP contribution >= 0.6 is 11.6 Å². The van der Waals surface area contributed by atoms with Gasteiger partial charge in [-0.15, -0.1) is 0 Å². The molecule has 0 atom stereocenters. The summed E-state index contributed by atoms with van der Waals surface area (Å²) in [6.45, 7) is 6.85. The van der Waals surface area contributed by atoms with E-state index in [-0.39, 0.29) is 11.3 Å². The van der Waals surface area contributed by atoms with Gasteiger partial charge in [0, 0.05) is 26.2 Å². The molecule has 108 valence electrons. The smallest absolute Gasteiger partial charge is 0.322 e. The minimum atomic E-state index is -0.458. The van der Waals surface area contributed by atoms with E-state index in [9.17, 15) is 0 Å². The van der Waals surface area contributed by atoms with Crippen LogP contribution in [0.4, 0.5) is 5.95 Å². The maximum atomic E-state index is 9.16. The van der Waals surface area contributed by atoms with Crippen LogP contribution in [0.25, 0.3) is 0 Å². The summed E-state index contributed by atoms with van der Waals surface area (Å²) >= 11 is 5.85. The molecule has 0 aromatic carbocycles. The summed E-state index contributed by atoms with van der Waals surface area (Å²) in [5.74, 6) is 0.510. The van der Waals surface area contributed by atoms with E-state index >= 15 is 0 Å². The molecule has 7 nitrogen and oxygen atoms in total. The molecular weight excluding hydrogens is 280 g/mol. The number of aromatic nitrogens is 3. The minimum Gasteiger partial charge on any atom is -0.467 e. The van der Waals surface area contributed by atoms with Gasteiger partial charge in [-0.1, -0.05) is 0 Å². The van der Waals surface area contributed by atoms with E-state index in [4.69, 9.17) is 21.6 Å². The Morgan fingerprint density at radius 3 is 2.40 bits per heavy atom. The van der Waals surface area contributed by atoms with Gasteiger partial charge in [-0.05, 0) is 25.4 Å². The van der Waals surface area contributed by atoms with Crippen molar-refractivity contribution >= 4 is 17.5 Å². The predicted octanol–water partition coefficient (Wildman–Crippen LogP) is 0.958. The highest BCUT2D eigenvalue weighted by molar-refractivity contribution is 6.28. The van der Waals surface area contributed by atoms with Gasteiger partial charge in [-0.3, -0.25) is 4.90 Å². The second-order valence-corrected chi connectivity index (χ2v) is 5.37. The maximum Gasteiger partial charge on any atom is 0.322 e. The lowest BCUT2D eigenvalue weighted by Crippen LogP contribution is -2.54. The maximum absolute atomic E-state index is 9.16. The molecule has 1 fully saturated rings. The first-order chi connectivity index (χ1) is 9.46. The molecule has 0 unspecified atom stereocenters. The van der Waals surface area contributed by atoms with Crippen molar-refractivity contribution in [2.75, 3.05) is 38.2 Å². The fraction of sp³-hybridized carbons (Fsp3) is 0.667. The molecule has 1 aliphatic heterocycles. The number of hydrogen-bond acceptors (Lipinski definition) is 7. The molecule has 0 radical (unpaired) electrons. The lowest BCUT2D eigenvalue weighted by molar-refractivity contribution is 0.157. The van der Waals surface area contributed by atoms with Gasteiger partial charge < -0.3 is 9.64 Å². The lowest BCUT2D eigenvalue weighted by Gasteiger charge is -2.40. The Morgan fingerprint density at radius 2 is 1.85 bits per heavy atom. The number of methoxy groups -OCH3 is 1. The van der Waals surface area contributed by atoms with Crippen molar-refractivity contribution in [1.29, 1.82) is 5.26 Å². The van der Waals surface area contributed by atoms with Crippen LogP contribution in [0.3, 0.4) is 0 Å². The number of piperazine rings is 1. The molecule has 1 aliphatic rings. The molecule has 2 rings (SSSR count). The summed E-state index contributed by atoms with van der Waals surface area (Å²) in [5.41, 5.74) is -0.458. The molecule has 0 spiro atoms. The SMILES string of the molecule is COc1nc(Cl)nc(N2CCN(C(C)(C)C#N)CC2)n1. The Balaban J connectivity index is 2.08. The van der Waals surface area contributed by atoms with Crippen LogP contribution in [-0.4, -0.2) is 58.7 Å². The highest BCUT2D eigenvalue weighted by Crippen LogP contribution is 2.20. The number of nitrogens with zero attached hydrogens (tertiary/aromatic N) is 6. The van der Waals surface area contributed by atoms with E-state index in [0.29, 0.717) is 5.95 Å². The zero-order chi connectivity index (χ0) is 14.8. The average Bonchev–Trinajstić information content (AvgIpc) is 2.46. The number of ether oxygens (including phenoxy) is 1. The van der Waals surface area contributed by atoms with Crippen molar-refractivity contribution in [2.45, 2.75) is 19.4 Å². The van der Waals surface area contributed by atoms with Gasteiger partial charge >= 0.3 is 6.01 Å². The number of halogens is 1. The molecule has 1 aromatic rings. The fourth-order valence-electron chi connectivity index (χ4n) is 2.09. The molecule has 20 heavy (non-hydrogen) atoms.